The predicted octanol–water partition coefficient (Wildman–Crippen LogP) is 4.81. The summed E-state index contributed by atoms with van der Waals surface area (Å²) in [4.78, 5) is 14.7. The van der Waals surface area contributed by atoms with E-state index in [1.54, 1.807) is 31.2 Å². The van der Waals surface area contributed by atoms with Crippen LogP contribution in [0, 0.1) is 6.92 Å². The van der Waals surface area contributed by atoms with E-state index in [1.807, 2.05) is 18.7 Å². The van der Waals surface area contributed by atoms with Crippen LogP contribution in [0.2, 0.25) is 10.0 Å². The normalized spacial score (nSPS) is 21.1. The van der Waals surface area contributed by atoms with Crippen molar-refractivity contribution < 1.29 is 13.9 Å². The number of furan rings is 1. The van der Waals surface area contributed by atoms with Gasteiger partial charge >= 0.3 is 0 Å². The first-order valence-corrected chi connectivity index (χ1v) is 8.60. The minimum atomic E-state index is -0.0439. The summed E-state index contributed by atoms with van der Waals surface area (Å²) in [5, 5.41) is 1.05. The van der Waals surface area contributed by atoms with E-state index < -0.39 is 0 Å². The Hall–Kier alpha value is -1.49. The number of morpholine rings is 1. The smallest absolute Gasteiger partial charge is 0.257 e. The van der Waals surface area contributed by atoms with Crippen molar-refractivity contribution in [1.82, 2.24) is 4.90 Å². The van der Waals surface area contributed by atoms with E-state index in [0.29, 0.717) is 40.2 Å². The van der Waals surface area contributed by atoms with E-state index in [0.717, 1.165) is 5.56 Å². The van der Waals surface area contributed by atoms with Gasteiger partial charge in [0.2, 0.25) is 0 Å². The molecular formula is C18H19Cl2NO3. The van der Waals surface area contributed by atoms with Gasteiger partial charge < -0.3 is 14.1 Å². The Balaban J connectivity index is 1.90. The number of ether oxygens (including phenoxy) is 1. The number of rotatable bonds is 2. The van der Waals surface area contributed by atoms with Gasteiger partial charge in [0.05, 0.1) is 17.8 Å². The summed E-state index contributed by atoms with van der Waals surface area (Å²) in [7, 11) is 0. The minimum Gasteiger partial charge on any atom is -0.461 e. The summed E-state index contributed by atoms with van der Waals surface area (Å²) < 4.78 is 11.5. The molecule has 0 spiro atoms. The average Bonchev–Trinajstić information content (AvgIpc) is 2.86. The molecule has 2 heterocycles. The highest BCUT2D eigenvalue weighted by atomic mass is 35.5. The number of hydrogen-bond donors (Lipinski definition) is 0. The predicted molar refractivity (Wildman–Crippen MR) is 94.8 cm³/mol. The summed E-state index contributed by atoms with van der Waals surface area (Å²) >= 11 is 12.1. The average molecular weight is 368 g/mol. The van der Waals surface area contributed by atoms with Crippen molar-refractivity contribution in [3.05, 3.63) is 45.6 Å². The van der Waals surface area contributed by atoms with Crippen LogP contribution >= 0.6 is 23.2 Å². The lowest BCUT2D eigenvalue weighted by molar-refractivity contribution is -0.0586. The molecule has 1 saturated heterocycles. The van der Waals surface area contributed by atoms with E-state index in [2.05, 4.69) is 0 Å². The van der Waals surface area contributed by atoms with Crippen LogP contribution in [0.1, 0.15) is 30.0 Å². The summed E-state index contributed by atoms with van der Waals surface area (Å²) in [5.74, 6) is 1.12. The number of amides is 1. The minimum absolute atomic E-state index is 0.0242. The Morgan fingerprint density at radius 2 is 1.67 bits per heavy atom. The molecular weight excluding hydrogens is 349 g/mol. The number of benzene rings is 1. The maximum absolute atomic E-state index is 12.8. The summed E-state index contributed by atoms with van der Waals surface area (Å²) in [6.07, 6.45) is 0.0484. The van der Waals surface area contributed by atoms with Crippen LogP contribution in [0.25, 0.3) is 11.3 Å². The maximum Gasteiger partial charge on any atom is 0.257 e. The third-order valence-corrected chi connectivity index (χ3v) is 4.44. The third-order valence-electron chi connectivity index (χ3n) is 4.00. The van der Waals surface area contributed by atoms with Gasteiger partial charge in [0.1, 0.15) is 11.5 Å². The van der Waals surface area contributed by atoms with E-state index >= 15 is 0 Å². The number of carbonyl (C=O) groups is 1. The molecule has 128 valence electrons. The number of halogens is 2. The fourth-order valence-corrected chi connectivity index (χ4v) is 3.57. The molecule has 0 radical (unpaired) electrons. The van der Waals surface area contributed by atoms with E-state index in [1.165, 1.54) is 0 Å². The van der Waals surface area contributed by atoms with Crippen molar-refractivity contribution in [1.29, 1.82) is 0 Å². The van der Waals surface area contributed by atoms with Gasteiger partial charge in [-0.3, -0.25) is 4.79 Å². The second kappa shape index (κ2) is 6.79. The van der Waals surface area contributed by atoms with Gasteiger partial charge in [-0.05, 0) is 45.0 Å². The Morgan fingerprint density at radius 3 is 2.25 bits per heavy atom. The molecule has 3 rings (SSSR count). The summed E-state index contributed by atoms with van der Waals surface area (Å²) in [5.41, 5.74) is 1.31. The SMILES string of the molecule is Cc1oc(-c2cc(Cl)cc(Cl)c2)cc1C(=O)N1CC(C)OC(C)C1. The molecule has 1 aliphatic rings. The Bertz CT molecular complexity index is 741. The van der Waals surface area contributed by atoms with Crippen LogP contribution in [-0.4, -0.2) is 36.1 Å². The largest absolute Gasteiger partial charge is 0.461 e. The fraction of sp³-hybridized carbons (Fsp3) is 0.389. The topological polar surface area (TPSA) is 42.7 Å². The molecule has 1 aromatic carbocycles. The standard InChI is InChI=1S/C18H19Cl2NO3/c1-10-8-21(9-11(2)23-10)18(22)16-7-17(24-12(16)3)13-4-14(19)6-15(20)5-13/h4-7,10-11H,8-9H2,1-3H3. The first-order valence-electron chi connectivity index (χ1n) is 7.85. The maximum atomic E-state index is 12.8. The second-order valence-corrected chi connectivity index (χ2v) is 7.08. The van der Waals surface area contributed by atoms with Gasteiger partial charge in [-0.15, -0.1) is 0 Å². The van der Waals surface area contributed by atoms with Gasteiger partial charge in [-0.25, -0.2) is 0 Å². The van der Waals surface area contributed by atoms with Crippen LogP contribution in [0.3, 0.4) is 0 Å². The molecule has 4 nitrogen and oxygen atoms in total. The quantitative estimate of drug-likeness (QED) is 0.764. The third kappa shape index (κ3) is 3.61. The molecule has 0 saturated carbocycles. The van der Waals surface area contributed by atoms with E-state index in [-0.39, 0.29) is 18.1 Å². The molecule has 0 N–H and O–H groups in total. The molecule has 1 aliphatic heterocycles. The fourth-order valence-electron chi connectivity index (χ4n) is 3.05. The molecule has 2 atom stereocenters. The highest BCUT2D eigenvalue weighted by Crippen LogP contribution is 2.31. The van der Waals surface area contributed by atoms with Gasteiger partial charge in [-0.1, -0.05) is 23.2 Å². The highest BCUT2D eigenvalue weighted by Gasteiger charge is 2.28. The van der Waals surface area contributed by atoms with E-state index in [4.69, 9.17) is 32.4 Å². The molecule has 1 amide bonds. The zero-order chi connectivity index (χ0) is 17.4. The number of aryl methyl sites for hydroxylation is 1. The molecule has 24 heavy (non-hydrogen) atoms. The zero-order valence-corrected chi connectivity index (χ0v) is 15.3. The summed E-state index contributed by atoms with van der Waals surface area (Å²) in [6, 6.07) is 6.94. The molecule has 0 bridgehead atoms. The Morgan fingerprint density at radius 1 is 1.08 bits per heavy atom. The Labute approximate surface area is 151 Å². The van der Waals surface area contributed by atoms with Crippen LogP contribution < -0.4 is 0 Å². The molecule has 2 unspecified atom stereocenters. The first-order chi connectivity index (χ1) is 11.3. The van der Waals surface area contributed by atoms with Crippen molar-refractivity contribution in [3.63, 3.8) is 0 Å². The van der Waals surface area contributed by atoms with Crippen LogP contribution in [0.4, 0.5) is 0 Å². The first kappa shape index (κ1) is 17.3. The highest BCUT2D eigenvalue weighted by molar-refractivity contribution is 6.35. The van der Waals surface area contributed by atoms with Crippen molar-refractivity contribution in [2.24, 2.45) is 0 Å². The van der Waals surface area contributed by atoms with Crippen LogP contribution in [0.5, 0.6) is 0 Å². The number of hydrogen-bond acceptors (Lipinski definition) is 3. The lowest BCUT2D eigenvalue weighted by atomic mass is 10.1. The van der Waals surface area contributed by atoms with E-state index in [9.17, 15) is 4.79 Å². The van der Waals surface area contributed by atoms with Crippen molar-refractivity contribution in [2.75, 3.05) is 13.1 Å². The van der Waals surface area contributed by atoms with Crippen molar-refractivity contribution in [2.45, 2.75) is 33.0 Å². The van der Waals surface area contributed by atoms with Gasteiger partial charge in [-0.2, -0.15) is 0 Å². The van der Waals surface area contributed by atoms with Gasteiger partial charge in [0.25, 0.3) is 5.91 Å². The molecule has 6 heteroatoms. The lowest BCUT2D eigenvalue weighted by Gasteiger charge is -2.35. The van der Waals surface area contributed by atoms with Crippen molar-refractivity contribution >= 4 is 29.1 Å². The molecule has 1 fully saturated rings. The molecule has 0 aliphatic carbocycles. The Kier molecular flexibility index (Phi) is 4.90. The number of carbonyl (C=O) groups excluding carboxylic acids is 1. The van der Waals surface area contributed by atoms with Crippen LogP contribution in [0.15, 0.2) is 28.7 Å². The second-order valence-electron chi connectivity index (χ2n) is 6.21. The van der Waals surface area contributed by atoms with Crippen molar-refractivity contribution in [3.8, 4) is 11.3 Å². The number of nitrogens with zero attached hydrogens (tertiary/aromatic N) is 1. The zero-order valence-electron chi connectivity index (χ0n) is 13.8. The molecule has 1 aromatic heterocycles. The molecule has 2 aromatic rings. The lowest BCUT2D eigenvalue weighted by Crippen LogP contribution is -2.48. The summed E-state index contributed by atoms with van der Waals surface area (Å²) in [6.45, 7) is 6.88. The van der Waals surface area contributed by atoms with Gasteiger partial charge in [0, 0.05) is 28.7 Å². The monoisotopic (exact) mass is 367 g/mol. The van der Waals surface area contributed by atoms with Gasteiger partial charge in [0.15, 0.2) is 0 Å². The van der Waals surface area contributed by atoms with Crippen LogP contribution in [-0.2, 0) is 4.74 Å².